The van der Waals surface area contributed by atoms with E-state index in [0.717, 1.165) is 23.0 Å². The normalized spacial score (nSPS) is 10.9. The Morgan fingerprint density at radius 3 is 2.55 bits per heavy atom. The van der Waals surface area contributed by atoms with E-state index in [4.69, 9.17) is 4.74 Å². The third-order valence-electron chi connectivity index (χ3n) is 3.03. The van der Waals surface area contributed by atoms with E-state index in [-0.39, 0.29) is 0 Å². The Bertz CT molecular complexity index is 623. The number of benzene rings is 2. The van der Waals surface area contributed by atoms with Crippen LogP contribution in [-0.4, -0.2) is 19.6 Å². The van der Waals surface area contributed by atoms with Gasteiger partial charge in [-0.2, -0.15) is 0 Å². The van der Waals surface area contributed by atoms with Crippen molar-refractivity contribution >= 4 is 5.96 Å². The van der Waals surface area contributed by atoms with Crippen molar-refractivity contribution in [1.29, 1.82) is 0 Å². The van der Waals surface area contributed by atoms with Crippen molar-refractivity contribution in [3.8, 4) is 11.5 Å². The molecule has 0 heterocycles. The maximum absolute atomic E-state index is 5.94. The van der Waals surface area contributed by atoms with E-state index in [0.29, 0.717) is 13.1 Å². The number of nitrogens with zero attached hydrogens (tertiary/aromatic N) is 1. The lowest BCUT2D eigenvalue weighted by atomic mass is 10.2. The van der Waals surface area contributed by atoms with Crippen molar-refractivity contribution in [2.75, 3.05) is 13.6 Å². The first-order chi connectivity index (χ1) is 10.8. The van der Waals surface area contributed by atoms with Gasteiger partial charge in [0.15, 0.2) is 5.96 Å². The molecule has 0 atom stereocenters. The number of guanidine groups is 1. The molecule has 4 nitrogen and oxygen atoms in total. The Labute approximate surface area is 131 Å². The summed E-state index contributed by atoms with van der Waals surface area (Å²) < 4.78 is 5.94. The summed E-state index contributed by atoms with van der Waals surface area (Å²) >= 11 is 0. The molecule has 0 bridgehead atoms. The van der Waals surface area contributed by atoms with Crippen LogP contribution in [0.3, 0.4) is 0 Å². The van der Waals surface area contributed by atoms with E-state index >= 15 is 0 Å². The largest absolute Gasteiger partial charge is 0.457 e. The van der Waals surface area contributed by atoms with Crippen molar-refractivity contribution in [1.82, 2.24) is 10.6 Å². The lowest BCUT2D eigenvalue weighted by Gasteiger charge is -2.14. The Morgan fingerprint density at radius 1 is 1.09 bits per heavy atom. The minimum atomic E-state index is 0.625. The van der Waals surface area contributed by atoms with Gasteiger partial charge in [0.25, 0.3) is 0 Å². The fourth-order valence-corrected chi connectivity index (χ4v) is 1.93. The number of hydrogen-bond acceptors (Lipinski definition) is 2. The highest BCUT2D eigenvalue weighted by Crippen LogP contribution is 2.24. The van der Waals surface area contributed by atoms with Crippen molar-refractivity contribution in [2.24, 2.45) is 4.99 Å². The maximum Gasteiger partial charge on any atom is 0.191 e. The minimum Gasteiger partial charge on any atom is -0.457 e. The van der Waals surface area contributed by atoms with Crippen LogP contribution in [0.1, 0.15) is 5.56 Å². The molecule has 114 valence electrons. The Hall–Kier alpha value is -2.75. The molecular formula is C18H21N3O. The van der Waals surface area contributed by atoms with Gasteiger partial charge in [0.2, 0.25) is 0 Å². The molecule has 0 radical (unpaired) electrons. The second-order valence-corrected chi connectivity index (χ2v) is 4.62. The van der Waals surface area contributed by atoms with Gasteiger partial charge >= 0.3 is 0 Å². The van der Waals surface area contributed by atoms with Crippen molar-refractivity contribution < 1.29 is 4.74 Å². The Kier molecular flexibility index (Phi) is 6.05. The number of ether oxygens (including phenoxy) is 1. The molecule has 2 aromatic rings. The predicted octanol–water partition coefficient (Wildman–Crippen LogP) is 3.33. The summed E-state index contributed by atoms with van der Waals surface area (Å²) in [5.74, 6) is 2.39. The lowest BCUT2D eigenvalue weighted by Crippen LogP contribution is -2.36. The molecule has 4 heteroatoms. The summed E-state index contributed by atoms with van der Waals surface area (Å²) in [6.07, 6.45) is 1.79. The van der Waals surface area contributed by atoms with Crippen LogP contribution in [0.25, 0.3) is 0 Å². The maximum atomic E-state index is 5.94. The fourth-order valence-electron chi connectivity index (χ4n) is 1.93. The second-order valence-electron chi connectivity index (χ2n) is 4.62. The number of aliphatic imine (C=N–C) groups is 1. The first-order valence-corrected chi connectivity index (χ1v) is 7.19. The minimum absolute atomic E-state index is 0.625. The number of para-hydroxylation sites is 2. The average Bonchev–Trinajstić information content (AvgIpc) is 2.57. The van der Waals surface area contributed by atoms with Crippen LogP contribution >= 0.6 is 0 Å². The van der Waals surface area contributed by atoms with Crippen LogP contribution in [0.4, 0.5) is 0 Å². The van der Waals surface area contributed by atoms with Gasteiger partial charge in [-0.25, -0.2) is 0 Å². The molecule has 0 saturated carbocycles. The van der Waals surface area contributed by atoms with Gasteiger partial charge in [-0.3, -0.25) is 4.99 Å². The van der Waals surface area contributed by atoms with Gasteiger partial charge in [-0.05, 0) is 18.2 Å². The van der Waals surface area contributed by atoms with Crippen LogP contribution in [-0.2, 0) is 6.54 Å². The monoisotopic (exact) mass is 295 g/mol. The molecule has 0 spiro atoms. The van der Waals surface area contributed by atoms with E-state index in [9.17, 15) is 0 Å². The molecule has 2 rings (SSSR count). The van der Waals surface area contributed by atoms with E-state index in [1.54, 1.807) is 13.1 Å². The van der Waals surface area contributed by atoms with Crippen LogP contribution in [0.15, 0.2) is 72.2 Å². The van der Waals surface area contributed by atoms with Crippen molar-refractivity contribution in [2.45, 2.75) is 6.54 Å². The highest BCUT2D eigenvalue weighted by molar-refractivity contribution is 5.79. The van der Waals surface area contributed by atoms with E-state index in [1.807, 2.05) is 54.6 Å². The molecule has 0 amide bonds. The summed E-state index contributed by atoms with van der Waals surface area (Å²) in [5.41, 5.74) is 1.06. The number of rotatable bonds is 6. The molecular weight excluding hydrogens is 274 g/mol. The molecule has 2 N–H and O–H groups in total. The van der Waals surface area contributed by atoms with Gasteiger partial charge in [-0.1, -0.05) is 42.5 Å². The zero-order chi connectivity index (χ0) is 15.6. The van der Waals surface area contributed by atoms with Crippen LogP contribution in [0.2, 0.25) is 0 Å². The summed E-state index contributed by atoms with van der Waals surface area (Å²) in [5, 5.41) is 6.40. The summed E-state index contributed by atoms with van der Waals surface area (Å²) in [7, 11) is 1.74. The molecule has 0 saturated heterocycles. The number of nitrogens with one attached hydrogen (secondary N) is 2. The van der Waals surface area contributed by atoms with Crippen LogP contribution in [0.5, 0.6) is 11.5 Å². The quantitative estimate of drug-likeness (QED) is 0.488. The van der Waals surface area contributed by atoms with Gasteiger partial charge in [-0.15, -0.1) is 6.58 Å². The van der Waals surface area contributed by atoms with Gasteiger partial charge in [0, 0.05) is 25.7 Å². The molecule has 0 fully saturated rings. The summed E-state index contributed by atoms with van der Waals surface area (Å²) in [6, 6.07) is 17.7. The zero-order valence-electron chi connectivity index (χ0n) is 12.8. The number of hydrogen-bond donors (Lipinski definition) is 2. The summed E-state index contributed by atoms with van der Waals surface area (Å²) in [6.45, 7) is 4.97. The molecule has 2 aromatic carbocycles. The van der Waals surface area contributed by atoms with Gasteiger partial charge in [0.05, 0.1) is 0 Å². The SMILES string of the molecule is C=CCNC(=NC)NCc1ccccc1Oc1ccccc1. The molecule has 0 aliphatic heterocycles. The van der Waals surface area contributed by atoms with E-state index in [1.165, 1.54) is 0 Å². The molecule has 0 aromatic heterocycles. The fraction of sp³-hybridized carbons (Fsp3) is 0.167. The summed E-state index contributed by atoms with van der Waals surface area (Å²) in [4.78, 5) is 4.16. The van der Waals surface area contributed by atoms with Crippen LogP contribution < -0.4 is 15.4 Å². The standard InChI is InChI=1S/C18H21N3O/c1-3-13-20-18(19-2)21-14-15-9-7-8-12-17(15)22-16-10-5-4-6-11-16/h3-12H,1,13-14H2,2H3,(H2,19,20,21). The Balaban J connectivity index is 2.03. The molecule has 0 unspecified atom stereocenters. The molecule has 0 aliphatic carbocycles. The average molecular weight is 295 g/mol. The Morgan fingerprint density at radius 2 is 1.82 bits per heavy atom. The first-order valence-electron chi connectivity index (χ1n) is 7.19. The first kappa shape index (κ1) is 15.6. The molecule has 22 heavy (non-hydrogen) atoms. The second kappa shape index (κ2) is 8.52. The molecule has 0 aliphatic rings. The van der Waals surface area contributed by atoms with E-state index < -0.39 is 0 Å². The van der Waals surface area contributed by atoms with Crippen molar-refractivity contribution in [3.05, 3.63) is 72.8 Å². The third kappa shape index (κ3) is 4.66. The lowest BCUT2D eigenvalue weighted by molar-refractivity contribution is 0.475. The highest BCUT2D eigenvalue weighted by atomic mass is 16.5. The predicted molar refractivity (Wildman–Crippen MR) is 91.4 cm³/mol. The van der Waals surface area contributed by atoms with Gasteiger partial charge < -0.3 is 15.4 Å². The highest BCUT2D eigenvalue weighted by Gasteiger charge is 2.05. The van der Waals surface area contributed by atoms with Crippen LogP contribution in [0, 0.1) is 0 Å². The van der Waals surface area contributed by atoms with Crippen molar-refractivity contribution in [3.63, 3.8) is 0 Å². The van der Waals surface area contributed by atoms with E-state index in [2.05, 4.69) is 22.2 Å². The zero-order valence-corrected chi connectivity index (χ0v) is 12.8. The van der Waals surface area contributed by atoms with Gasteiger partial charge in [0.1, 0.15) is 11.5 Å². The topological polar surface area (TPSA) is 45.7 Å². The third-order valence-corrected chi connectivity index (χ3v) is 3.03. The smallest absolute Gasteiger partial charge is 0.191 e.